The van der Waals surface area contributed by atoms with Crippen LogP contribution >= 0.6 is 0 Å². The zero-order valence-corrected chi connectivity index (χ0v) is 17.2. The zero-order valence-electron chi connectivity index (χ0n) is 16.4. The molecule has 1 heterocycles. The lowest BCUT2D eigenvalue weighted by Crippen LogP contribution is -2.54. The topological polar surface area (TPSA) is 109 Å². The first-order valence-corrected chi connectivity index (χ1v) is 10.5. The molecule has 28 heavy (non-hydrogen) atoms. The zero-order chi connectivity index (χ0) is 20.9. The molecule has 8 nitrogen and oxygen atoms in total. The number of benzene rings is 1. The molecule has 9 heteroatoms. The van der Waals surface area contributed by atoms with Crippen LogP contribution < -0.4 is 0 Å². The highest BCUT2D eigenvalue weighted by atomic mass is 32.2. The summed E-state index contributed by atoms with van der Waals surface area (Å²) in [4.78, 5) is 16.3. The van der Waals surface area contributed by atoms with Gasteiger partial charge in [-0.3, -0.25) is 9.69 Å². The Morgan fingerprint density at radius 2 is 1.71 bits per heavy atom. The number of rotatable bonds is 6. The van der Waals surface area contributed by atoms with Gasteiger partial charge in [0.25, 0.3) is 0 Å². The van der Waals surface area contributed by atoms with Crippen LogP contribution in [-0.4, -0.2) is 74.2 Å². The normalized spacial score (nSPS) is 16.6. The van der Waals surface area contributed by atoms with Gasteiger partial charge in [-0.2, -0.15) is 14.8 Å². The highest BCUT2D eigenvalue weighted by Crippen LogP contribution is 2.16. The van der Waals surface area contributed by atoms with Crippen LogP contribution in [0.15, 0.2) is 29.2 Å². The molecule has 0 aromatic heterocycles. The fraction of sp³-hybridized carbons (Fsp3) is 0.526. The number of carbonyl (C=O) groups excluding carboxylic acids is 1. The third-order valence-corrected chi connectivity index (χ3v) is 6.69. The second-order valence-electron chi connectivity index (χ2n) is 7.13. The molecule has 1 aromatic rings. The third-order valence-electron chi connectivity index (χ3n) is 4.87. The van der Waals surface area contributed by atoms with Gasteiger partial charge < -0.3 is 4.90 Å². The summed E-state index contributed by atoms with van der Waals surface area (Å²) in [5.41, 5.74) is 0.368. The Morgan fingerprint density at radius 1 is 1.14 bits per heavy atom. The molecule has 150 valence electrons. The molecule has 0 saturated carbocycles. The van der Waals surface area contributed by atoms with Crippen molar-refractivity contribution >= 4 is 15.9 Å². The summed E-state index contributed by atoms with van der Waals surface area (Å²) in [5, 5.41) is 18.1. The molecule has 1 aromatic carbocycles. The van der Waals surface area contributed by atoms with Gasteiger partial charge in [0.2, 0.25) is 15.9 Å². The van der Waals surface area contributed by atoms with Gasteiger partial charge in [0.05, 0.1) is 29.1 Å². The van der Waals surface area contributed by atoms with Crippen molar-refractivity contribution in [2.75, 3.05) is 39.8 Å². The summed E-state index contributed by atoms with van der Waals surface area (Å²) in [6.07, 6.45) is 0. The Labute approximate surface area is 166 Å². The van der Waals surface area contributed by atoms with Crippen LogP contribution in [0.1, 0.15) is 19.4 Å². The van der Waals surface area contributed by atoms with Crippen molar-refractivity contribution in [3.8, 4) is 12.1 Å². The maximum atomic E-state index is 12.6. The lowest BCUT2D eigenvalue weighted by Gasteiger charge is -2.38. The van der Waals surface area contributed by atoms with Crippen LogP contribution in [0.4, 0.5) is 0 Å². The summed E-state index contributed by atoms with van der Waals surface area (Å²) >= 11 is 0. The molecule has 1 unspecified atom stereocenters. The fourth-order valence-electron chi connectivity index (χ4n) is 3.16. The Balaban J connectivity index is 1.97. The summed E-state index contributed by atoms with van der Waals surface area (Å²) in [6, 6.07) is 9.65. The van der Waals surface area contributed by atoms with E-state index in [-0.39, 0.29) is 29.3 Å². The van der Waals surface area contributed by atoms with Crippen LogP contribution in [0.3, 0.4) is 0 Å². The van der Waals surface area contributed by atoms with E-state index in [1.807, 2.05) is 19.9 Å². The van der Waals surface area contributed by atoms with Crippen molar-refractivity contribution in [1.82, 2.24) is 14.1 Å². The summed E-state index contributed by atoms with van der Waals surface area (Å²) in [7, 11) is -2.45. The van der Waals surface area contributed by atoms with E-state index < -0.39 is 10.0 Å². The van der Waals surface area contributed by atoms with E-state index in [1.165, 1.54) is 31.3 Å². The van der Waals surface area contributed by atoms with Crippen LogP contribution in [0.5, 0.6) is 0 Å². The Bertz CT molecular complexity index is 876. The number of sulfonamides is 1. The van der Waals surface area contributed by atoms with Crippen molar-refractivity contribution in [2.45, 2.75) is 24.8 Å². The van der Waals surface area contributed by atoms with Gasteiger partial charge in [-0.25, -0.2) is 8.42 Å². The number of piperazine rings is 1. The second kappa shape index (κ2) is 9.16. The van der Waals surface area contributed by atoms with Gasteiger partial charge in [0.1, 0.15) is 6.04 Å². The first kappa shape index (κ1) is 21.8. The minimum Gasteiger partial charge on any atom is -0.339 e. The molecule has 0 radical (unpaired) electrons. The molecule has 1 fully saturated rings. The molecule has 0 N–H and O–H groups in total. The predicted octanol–water partition coefficient (Wildman–Crippen LogP) is 0.871. The Kier molecular flexibility index (Phi) is 7.14. The van der Waals surface area contributed by atoms with E-state index in [0.717, 1.165) is 4.31 Å². The van der Waals surface area contributed by atoms with Gasteiger partial charge >= 0.3 is 0 Å². The first-order valence-electron chi connectivity index (χ1n) is 9.08. The standard InChI is InChI=1S/C19H25N5O3S/c1-15(2)18(13-21)23-8-10-24(11-9-23)19(25)14-22(3)28(26,27)17-6-4-16(12-20)5-7-17/h4-7,15,18H,8-11,14H2,1-3H3. The number of likely N-dealkylation sites (N-methyl/N-ethyl adjacent to an activating group) is 1. The van der Waals surface area contributed by atoms with Crippen molar-refractivity contribution in [2.24, 2.45) is 5.92 Å². The Hall–Kier alpha value is -2.46. The third kappa shape index (κ3) is 4.87. The molecule has 1 saturated heterocycles. The first-order chi connectivity index (χ1) is 13.2. The monoisotopic (exact) mass is 403 g/mol. The van der Waals surface area contributed by atoms with Gasteiger partial charge in [-0.1, -0.05) is 13.8 Å². The molecule has 2 rings (SSSR count). The molecular formula is C19H25N5O3S. The van der Waals surface area contributed by atoms with E-state index in [9.17, 15) is 18.5 Å². The van der Waals surface area contributed by atoms with Crippen molar-refractivity contribution in [3.05, 3.63) is 29.8 Å². The van der Waals surface area contributed by atoms with E-state index in [2.05, 4.69) is 11.0 Å². The smallest absolute Gasteiger partial charge is 0.243 e. The quantitative estimate of drug-likeness (QED) is 0.697. The van der Waals surface area contributed by atoms with Crippen LogP contribution in [-0.2, 0) is 14.8 Å². The van der Waals surface area contributed by atoms with E-state index in [1.54, 1.807) is 4.90 Å². The average Bonchev–Trinajstić information content (AvgIpc) is 2.68. The van der Waals surface area contributed by atoms with Crippen LogP contribution in [0.25, 0.3) is 0 Å². The van der Waals surface area contributed by atoms with Crippen LogP contribution in [0, 0.1) is 28.6 Å². The minimum atomic E-state index is -3.81. The van der Waals surface area contributed by atoms with Crippen molar-refractivity contribution in [1.29, 1.82) is 10.5 Å². The fourth-order valence-corrected chi connectivity index (χ4v) is 4.28. The minimum absolute atomic E-state index is 0.0421. The average molecular weight is 404 g/mol. The number of amides is 1. The molecular weight excluding hydrogens is 378 g/mol. The highest BCUT2D eigenvalue weighted by molar-refractivity contribution is 7.89. The molecule has 1 aliphatic rings. The lowest BCUT2D eigenvalue weighted by atomic mass is 10.0. The van der Waals surface area contributed by atoms with Crippen molar-refractivity contribution < 1.29 is 13.2 Å². The number of nitriles is 2. The van der Waals surface area contributed by atoms with Gasteiger partial charge in [0, 0.05) is 33.2 Å². The van der Waals surface area contributed by atoms with Gasteiger partial charge in [0.15, 0.2) is 0 Å². The maximum absolute atomic E-state index is 12.6. The van der Waals surface area contributed by atoms with Crippen LogP contribution in [0.2, 0.25) is 0 Å². The van der Waals surface area contributed by atoms with E-state index >= 15 is 0 Å². The largest absolute Gasteiger partial charge is 0.339 e. The molecule has 1 aliphatic heterocycles. The van der Waals surface area contributed by atoms with Gasteiger partial charge in [-0.15, -0.1) is 0 Å². The SMILES string of the molecule is CC(C)C(C#N)N1CCN(C(=O)CN(C)S(=O)(=O)c2ccc(C#N)cc2)CC1. The highest BCUT2D eigenvalue weighted by Gasteiger charge is 2.30. The van der Waals surface area contributed by atoms with Gasteiger partial charge in [-0.05, 0) is 30.2 Å². The molecule has 0 bridgehead atoms. The van der Waals surface area contributed by atoms with E-state index in [4.69, 9.17) is 5.26 Å². The van der Waals surface area contributed by atoms with Crippen molar-refractivity contribution in [3.63, 3.8) is 0 Å². The van der Waals surface area contributed by atoms with E-state index in [0.29, 0.717) is 31.7 Å². The summed E-state index contributed by atoms with van der Waals surface area (Å²) in [5.74, 6) is -0.0617. The molecule has 0 spiro atoms. The molecule has 1 amide bonds. The summed E-state index contributed by atoms with van der Waals surface area (Å²) in [6.45, 7) is 5.85. The molecule has 1 atom stereocenters. The second-order valence-corrected chi connectivity index (χ2v) is 9.18. The summed E-state index contributed by atoms with van der Waals surface area (Å²) < 4.78 is 26.3. The molecule has 0 aliphatic carbocycles. The number of hydrogen-bond acceptors (Lipinski definition) is 6. The Morgan fingerprint density at radius 3 is 2.18 bits per heavy atom. The predicted molar refractivity (Wildman–Crippen MR) is 103 cm³/mol. The maximum Gasteiger partial charge on any atom is 0.243 e. The number of hydrogen-bond donors (Lipinski definition) is 0. The number of nitrogens with zero attached hydrogens (tertiary/aromatic N) is 5. The lowest BCUT2D eigenvalue weighted by molar-refractivity contribution is -0.133. The number of carbonyl (C=O) groups is 1.